The summed E-state index contributed by atoms with van der Waals surface area (Å²) < 4.78 is 0. The Bertz CT molecular complexity index is 489. The number of aliphatic hydroxyl groups is 2. The molecule has 0 aromatic heterocycles. The van der Waals surface area contributed by atoms with Gasteiger partial charge in [-0.2, -0.15) is 0 Å². The minimum atomic E-state index is -0.208. The van der Waals surface area contributed by atoms with Gasteiger partial charge in [0.05, 0.1) is 12.2 Å². The molecule has 0 radical (unpaired) electrons. The van der Waals surface area contributed by atoms with Crippen LogP contribution in [0.1, 0.15) is 65.2 Å². The molecular formula is C19H30O3. The van der Waals surface area contributed by atoms with Crippen LogP contribution in [0.2, 0.25) is 0 Å². The minimum absolute atomic E-state index is 0.174. The van der Waals surface area contributed by atoms with Gasteiger partial charge in [-0.1, -0.05) is 13.8 Å². The van der Waals surface area contributed by atoms with Crippen LogP contribution in [0.3, 0.4) is 0 Å². The van der Waals surface area contributed by atoms with Crippen molar-refractivity contribution in [2.75, 3.05) is 0 Å². The molecule has 8 atom stereocenters. The maximum absolute atomic E-state index is 13.0. The lowest BCUT2D eigenvalue weighted by molar-refractivity contribution is -0.158. The monoisotopic (exact) mass is 306 g/mol. The molecule has 0 heterocycles. The van der Waals surface area contributed by atoms with Crippen LogP contribution in [0.5, 0.6) is 0 Å². The first kappa shape index (κ1) is 15.1. The van der Waals surface area contributed by atoms with E-state index in [0.29, 0.717) is 30.0 Å². The Morgan fingerprint density at radius 3 is 2.55 bits per heavy atom. The Morgan fingerprint density at radius 2 is 1.77 bits per heavy atom. The quantitative estimate of drug-likeness (QED) is 0.723. The SMILES string of the molecule is C[C@]12CC[C@@H]3[C@H](C(=O)C[C@H]4C[C@H](O)CC[C@]43C)[C@H]1C[C@@H](O)C2. The second-order valence-electron chi connectivity index (χ2n) is 9.33. The molecule has 0 spiro atoms. The molecule has 4 fully saturated rings. The number of carbonyl (C=O) groups is 1. The van der Waals surface area contributed by atoms with E-state index in [9.17, 15) is 15.0 Å². The van der Waals surface area contributed by atoms with Gasteiger partial charge in [0.2, 0.25) is 0 Å². The molecule has 0 aromatic rings. The molecule has 124 valence electrons. The van der Waals surface area contributed by atoms with E-state index >= 15 is 0 Å². The Hall–Kier alpha value is -0.410. The van der Waals surface area contributed by atoms with Crippen LogP contribution in [0, 0.1) is 34.5 Å². The van der Waals surface area contributed by atoms with E-state index in [1.54, 1.807) is 0 Å². The van der Waals surface area contributed by atoms with Crippen molar-refractivity contribution in [3.05, 3.63) is 0 Å². The summed E-state index contributed by atoms with van der Waals surface area (Å²) in [7, 11) is 0. The van der Waals surface area contributed by atoms with Crippen LogP contribution < -0.4 is 0 Å². The molecule has 4 saturated carbocycles. The highest BCUT2D eigenvalue weighted by molar-refractivity contribution is 5.83. The van der Waals surface area contributed by atoms with E-state index in [1.165, 1.54) is 0 Å². The van der Waals surface area contributed by atoms with Gasteiger partial charge in [0.25, 0.3) is 0 Å². The maximum Gasteiger partial charge on any atom is 0.136 e. The zero-order valence-corrected chi connectivity index (χ0v) is 13.9. The number of Topliss-reactive ketones (excluding diaryl/α,β-unsaturated/α-hetero) is 1. The van der Waals surface area contributed by atoms with E-state index in [4.69, 9.17) is 0 Å². The highest BCUT2D eigenvalue weighted by Gasteiger charge is 2.61. The normalized spacial score (nSPS) is 57.9. The first-order valence-electron chi connectivity index (χ1n) is 9.22. The molecule has 0 unspecified atom stereocenters. The van der Waals surface area contributed by atoms with Gasteiger partial charge in [-0.05, 0) is 73.5 Å². The third kappa shape index (κ3) is 1.97. The Labute approximate surface area is 133 Å². The van der Waals surface area contributed by atoms with Crippen molar-refractivity contribution in [2.45, 2.75) is 77.4 Å². The summed E-state index contributed by atoms with van der Waals surface area (Å²) in [6.45, 7) is 4.69. The number of hydrogen-bond acceptors (Lipinski definition) is 3. The van der Waals surface area contributed by atoms with Crippen molar-refractivity contribution >= 4 is 5.78 Å². The van der Waals surface area contributed by atoms with E-state index in [0.717, 1.165) is 44.9 Å². The summed E-state index contributed by atoms with van der Waals surface area (Å²) in [6.07, 6.45) is 7.04. The predicted octanol–water partition coefficient (Wildman–Crippen LogP) is 2.93. The Morgan fingerprint density at radius 1 is 1.00 bits per heavy atom. The number of aliphatic hydroxyl groups excluding tert-OH is 2. The summed E-state index contributed by atoms with van der Waals surface area (Å²) in [5, 5.41) is 20.2. The molecule has 4 aliphatic carbocycles. The van der Waals surface area contributed by atoms with E-state index in [1.807, 2.05) is 0 Å². The lowest BCUT2D eigenvalue weighted by Crippen LogP contribution is -2.56. The van der Waals surface area contributed by atoms with Crippen molar-refractivity contribution in [1.29, 1.82) is 0 Å². The second-order valence-corrected chi connectivity index (χ2v) is 9.33. The first-order chi connectivity index (χ1) is 10.3. The van der Waals surface area contributed by atoms with Gasteiger partial charge in [0, 0.05) is 12.3 Å². The van der Waals surface area contributed by atoms with Crippen molar-refractivity contribution < 1.29 is 15.0 Å². The molecule has 0 saturated heterocycles. The molecule has 3 nitrogen and oxygen atoms in total. The van der Waals surface area contributed by atoms with Crippen LogP contribution in [0.25, 0.3) is 0 Å². The highest BCUT2D eigenvalue weighted by atomic mass is 16.3. The predicted molar refractivity (Wildman–Crippen MR) is 84.1 cm³/mol. The highest BCUT2D eigenvalue weighted by Crippen LogP contribution is 2.65. The lowest BCUT2D eigenvalue weighted by atomic mass is 9.45. The molecule has 0 amide bonds. The summed E-state index contributed by atoms with van der Waals surface area (Å²) in [4.78, 5) is 13.0. The fourth-order valence-electron chi connectivity index (χ4n) is 6.93. The third-order valence-electron chi connectivity index (χ3n) is 8.19. The average Bonchev–Trinajstić information content (AvgIpc) is 2.75. The van der Waals surface area contributed by atoms with Crippen LogP contribution >= 0.6 is 0 Å². The molecule has 0 bridgehead atoms. The van der Waals surface area contributed by atoms with Crippen molar-refractivity contribution in [3.63, 3.8) is 0 Å². The average molecular weight is 306 g/mol. The smallest absolute Gasteiger partial charge is 0.136 e. The number of carbonyl (C=O) groups excluding carboxylic acids is 1. The van der Waals surface area contributed by atoms with Gasteiger partial charge < -0.3 is 10.2 Å². The number of ketones is 1. The summed E-state index contributed by atoms with van der Waals surface area (Å²) in [5.74, 6) is 1.85. The van der Waals surface area contributed by atoms with Crippen molar-refractivity contribution in [2.24, 2.45) is 34.5 Å². The number of rotatable bonds is 0. The van der Waals surface area contributed by atoms with E-state index in [2.05, 4.69) is 13.8 Å². The Kier molecular flexibility index (Phi) is 3.30. The lowest BCUT2D eigenvalue weighted by Gasteiger charge is -2.59. The molecule has 3 heteroatoms. The number of fused-ring (bicyclic) bond motifs is 5. The van der Waals surface area contributed by atoms with Gasteiger partial charge >= 0.3 is 0 Å². The van der Waals surface area contributed by atoms with Crippen LogP contribution in [-0.2, 0) is 4.79 Å². The second kappa shape index (κ2) is 4.80. The van der Waals surface area contributed by atoms with Crippen LogP contribution in [-0.4, -0.2) is 28.2 Å². The zero-order valence-electron chi connectivity index (χ0n) is 13.9. The van der Waals surface area contributed by atoms with Gasteiger partial charge in [-0.15, -0.1) is 0 Å². The van der Waals surface area contributed by atoms with Crippen LogP contribution in [0.4, 0.5) is 0 Å². The molecule has 0 aromatic carbocycles. The molecule has 22 heavy (non-hydrogen) atoms. The molecule has 4 aliphatic rings. The fourth-order valence-corrected chi connectivity index (χ4v) is 6.93. The zero-order chi connectivity index (χ0) is 15.7. The van der Waals surface area contributed by atoms with Crippen molar-refractivity contribution in [1.82, 2.24) is 0 Å². The van der Waals surface area contributed by atoms with E-state index < -0.39 is 0 Å². The molecular weight excluding hydrogens is 276 g/mol. The minimum Gasteiger partial charge on any atom is -0.393 e. The standard InChI is InChI=1S/C19H30O3/c1-18-5-4-14-17(15(18)9-13(21)10-18)16(22)8-11-7-12(20)3-6-19(11,14)2/h11-15,17,20-21H,3-10H2,1-2H3/t11-,12-,13-,14-,15-,17+,18-,19-/m1/s1. The van der Waals surface area contributed by atoms with Gasteiger partial charge in [-0.25, -0.2) is 0 Å². The largest absolute Gasteiger partial charge is 0.393 e. The van der Waals surface area contributed by atoms with Gasteiger partial charge in [0.1, 0.15) is 5.78 Å². The fraction of sp³-hybridized carbons (Fsp3) is 0.947. The first-order valence-corrected chi connectivity index (χ1v) is 9.22. The molecule has 4 rings (SSSR count). The van der Waals surface area contributed by atoms with Crippen molar-refractivity contribution in [3.8, 4) is 0 Å². The number of hydrogen-bond donors (Lipinski definition) is 2. The van der Waals surface area contributed by atoms with Gasteiger partial charge in [0.15, 0.2) is 0 Å². The van der Waals surface area contributed by atoms with E-state index in [-0.39, 0.29) is 29.0 Å². The third-order valence-corrected chi connectivity index (χ3v) is 8.19. The molecule has 0 aliphatic heterocycles. The summed E-state index contributed by atoms with van der Waals surface area (Å²) >= 11 is 0. The Balaban J connectivity index is 1.68. The summed E-state index contributed by atoms with van der Waals surface area (Å²) in [6, 6.07) is 0. The molecule has 2 N–H and O–H groups in total. The van der Waals surface area contributed by atoms with Crippen LogP contribution in [0.15, 0.2) is 0 Å². The summed E-state index contributed by atoms with van der Waals surface area (Å²) in [5.41, 5.74) is 0.403. The topological polar surface area (TPSA) is 57.5 Å². The van der Waals surface area contributed by atoms with Gasteiger partial charge in [-0.3, -0.25) is 4.79 Å². The maximum atomic E-state index is 13.0.